The van der Waals surface area contributed by atoms with Crippen LogP contribution in [0.25, 0.3) is 11.2 Å². The molecule has 3 rings (SSSR count). The number of imidazole rings is 1. The topological polar surface area (TPSA) is 33.6 Å². The summed E-state index contributed by atoms with van der Waals surface area (Å²) < 4.78 is 15.8. The highest BCUT2D eigenvalue weighted by Crippen LogP contribution is 2.16. The van der Waals surface area contributed by atoms with E-state index < -0.39 is 0 Å². The van der Waals surface area contributed by atoms with Gasteiger partial charge >= 0.3 is 0 Å². The van der Waals surface area contributed by atoms with Gasteiger partial charge in [-0.15, -0.1) is 0 Å². The molecule has 0 saturated carbocycles. The maximum Gasteiger partial charge on any atom is 0.179 e. The van der Waals surface area contributed by atoms with E-state index in [1.807, 2.05) is 23.6 Å². The van der Waals surface area contributed by atoms with Gasteiger partial charge < -0.3 is 9.55 Å². The largest absolute Gasteiger partial charge is 0.329 e. The van der Waals surface area contributed by atoms with Crippen molar-refractivity contribution in [1.82, 2.24) is 14.5 Å². The third-order valence-corrected chi connectivity index (χ3v) is 3.71. The standard InChI is InChI=1S/C15H14FN3S/c1-10-5-7-17-14-13(10)18-15(20)19(14)8-6-11-3-2-4-12(16)9-11/h2-5,7,9H,6,8H2,1H3,(H,18,20). The summed E-state index contributed by atoms with van der Waals surface area (Å²) in [6, 6.07) is 8.59. The van der Waals surface area contributed by atoms with Crippen molar-refractivity contribution in [3.63, 3.8) is 0 Å². The van der Waals surface area contributed by atoms with Crippen molar-refractivity contribution in [1.29, 1.82) is 0 Å². The Morgan fingerprint density at radius 2 is 2.20 bits per heavy atom. The van der Waals surface area contributed by atoms with Crippen LogP contribution in [-0.2, 0) is 13.0 Å². The second kappa shape index (κ2) is 5.17. The van der Waals surface area contributed by atoms with Crippen molar-refractivity contribution in [3.8, 4) is 0 Å². The van der Waals surface area contributed by atoms with Crippen LogP contribution in [-0.4, -0.2) is 14.5 Å². The Kier molecular flexibility index (Phi) is 3.36. The van der Waals surface area contributed by atoms with E-state index in [2.05, 4.69) is 9.97 Å². The average molecular weight is 287 g/mol. The monoisotopic (exact) mass is 287 g/mol. The van der Waals surface area contributed by atoms with E-state index >= 15 is 0 Å². The molecule has 0 aliphatic rings. The zero-order chi connectivity index (χ0) is 14.1. The van der Waals surface area contributed by atoms with Crippen molar-refractivity contribution >= 4 is 23.4 Å². The van der Waals surface area contributed by atoms with Crippen molar-refractivity contribution in [2.24, 2.45) is 0 Å². The van der Waals surface area contributed by atoms with Gasteiger partial charge in [0.1, 0.15) is 5.82 Å². The van der Waals surface area contributed by atoms with E-state index in [-0.39, 0.29) is 5.82 Å². The van der Waals surface area contributed by atoms with Crippen LogP contribution in [0.4, 0.5) is 4.39 Å². The van der Waals surface area contributed by atoms with Gasteiger partial charge in [-0.1, -0.05) is 12.1 Å². The van der Waals surface area contributed by atoms with Crippen LogP contribution in [0.1, 0.15) is 11.1 Å². The third-order valence-electron chi connectivity index (χ3n) is 3.39. The molecule has 0 spiro atoms. The molecule has 3 nitrogen and oxygen atoms in total. The van der Waals surface area contributed by atoms with Crippen molar-refractivity contribution < 1.29 is 4.39 Å². The number of H-pyrrole nitrogens is 1. The molecule has 1 N–H and O–H groups in total. The molecule has 102 valence electrons. The number of pyridine rings is 1. The minimum absolute atomic E-state index is 0.209. The summed E-state index contributed by atoms with van der Waals surface area (Å²) in [7, 11) is 0. The highest BCUT2D eigenvalue weighted by atomic mass is 32.1. The number of aryl methyl sites for hydroxylation is 3. The first-order valence-electron chi connectivity index (χ1n) is 6.44. The molecule has 0 aliphatic heterocycles. The Balaban J connectivity index is 1.93. The fourth-order valence-electron chi connectivity index (χ4n) is 2.31. The Hall–Kier alpha value is -2.01. The molecule has 0 saturated heterocycles. The van der Waals surface area contributed by atoms with Crippen molar-refractivity contribution in [3.05, 3.63) is 58.2 Å². The van der Waals surface area contributed by atoms with E-state index in [9.17, 15) is 4.39 Å². The average Bonchev–Trinajstić information content (AvgIpc) is 2.74. The zero-order valence-corrected chi connectivity index (χ0v) is 11.9. The molecule has 1 aromatic carbocycles. The van der Waals surface area contributed by atoms with Gasteiger partial charge in [0.05, 0.1) is 5.52 Å². The number of aromatic amines is 1. The maximum atomic E-state index is 13.2. The highest BCUT2D eigenvalue weighted by Gasteiger charge is 2.07. The van der Waals surface area contributed by atoms with Crippen LogP contribution < -0.4 is 0 Å². The minimum Gasteiger partial charge on any atom is -0.329 e. The fourth-order valence-corrected chi connectivity index (χ4v) is 2.59. The quantitative estimate of drug-likeness (QED) is 0.744. The van der Waals surface area contributed by atoms with Gasteiger partial charge in [0.25, 0.3) is 0 Å². The number of hydrogen-bond acceptors (Lipinski definition) is 2. The number of aromatic nitrogens is 3. The first kappa shape index (κ1) is 13.0. The summed E-state index contributed by atoms with van der Waals surface area (Å²) in [6.45, 7) is 2.70. The lowest BCUT2D eigenvalue weighted by Gasteiger charge is -2.04. The number of nitrogens with zero attached hydrogens (tertiary/aromatic N) is 2. The van der Waals surface area contributed by atoms with Crippen LogP contribution in [0, 0.1) is 17.5 Å². The molecule has 0 radical (unpaired) electrons. The summed E-state index contributed by atoms with van der Waals surface area (Å²) in [5.74, 6) is -0.209. The Morgan fingerprint density at radius 3 is 3.00 bits per heavy atom. The van der Waals surface area contributed by atoms with Gasteiger partial charge in [-0.3, -0.25) is 0 Å². The lowest BCUT2D eigenvalue weighted by molar-refractivity contribution is 0.622. The maximum absolute atomic E-state index is 13.2. The number of benzene rings is 1. The molecule has 3 aromatic rings. The van der Waals surface area contributed by atoms with E-state index in [4.69, 9.17) is 12.2 Å². The Bertz CT molecular complexity index is 819. The molecule has 20 heavy (non-hydrogen) atoms. The molecular formula is C15H14FN3S. The molecule has 0 amide bonds. The number of rotatable bonds is 3. The fraction of sp³-hybridized carbons (Fsp3) is 0.200. The molecular weight excluding hydrogens is 273 g/mol. The summed E-state index contributed by atoms with van der Waals surface area (Å²) in [5.41, 5.74) is 3.89. The summed E-state index contributed by atoms with van der Waals surface area (Å²) in [4.78, 5) is 7.57. The van der Waals surface area contributed by atoms with E-state index in [1.54, 1.807) is 18.3 Å². The van der Waals surface area contributed by atoms with Crippen LogP contribution in [0.2, 0.25) is 0 Å². The first-order valence-corrected chi connectivity index (χ1v) is 6.84. The molecule has 0 aliphatic carbocycles. The minimum atomic E-state index is -0.209. The normalized spacial score (nSPS) is 11.1. The van der Waals surface area contributed by atoms with E-state index in [0.717, 1.165) is 22.3 Å². The Labute approximate surface area is 121 Å². The second-order valence-corrected chi connectivity index (χ2v) is 5.17. The smallest absolute Gasteiger partial charge is 0.179 e. The molecule has 2 aromatic heterocycles. The van der Waals surface area contributed by atoms with Crippen LogP contribution in [0.3, 0.4) is 0 Å². The molecule has 0 unspecified atom stereocenters. The summed E-state index contributed by atoms with van der Waals surface area (Å²) in [6.07, 6.45) is 2.49. The number of fused-ring (bicyclic) bond motifs is 1. The molecule has 0 fully saturated rings. The van der Waals surface area contributed by atoms with Crippen LogP contribution in [0.5, 0.6) is 0 Å². The van der Waals surface area contributed by atoms with Gasteiger partial charge in [-0.2, -0.15) is 0 Å². The van der Waals surface area contributed by atoms with Crippen LogP contribution >= 0.6 is 12.2 Å². The lowest BCUT2D eigenvalue weighted by atomic mass is 10.1. The predicted molar refractivity (Wildman–Crippen MR) is 79.8 cm³/mol. The van der Waals surface area contributed by atoms with Gasteiger partial charge in [-0.25, -0.2) is 9.37 Å². The number of hydrogen-bond donors (Lipinski definition) is 1. The van der Waals surface area contributed by atoms with E-state index in [0.29, 0.717) is 17.7 Å². The Morgan fingerprint density at radius 1 is 1.35 bits per heavy atom. The molecule has 0 atom stereocenters. The van der Waals surface area contributed by atoms with Gasteiger partial charge in [-0.05, 0) is 54.9 Å². The number of halogens is 1. The van der Waals surface area contributed by atoms with Crippen molar-refractivity contribution in [2.75, 3.05) is 0 Å². The van der Waals surface area contributed by atoms with Crippen LogP contribution in [0.15, 0.2) is 36.5 Å². The molecule has 5 heteroatoms. The van der Waals surface area contributed by atoms with Gasteiger partial charge in [0, 0.05) is 12.7 Å². The SMILES string of the molecule is Cc1ccnc2c1[nH]c(=S)n2CCc1cccc(F)c1. The second-order valence-electron chi connectivity index (χ2n) is 4.79. The van der Waals surface area contributed by atoms with Crippen molar-refractivity contribution in [2.45, 2.75) is 19.9 Å². The summed E-state index contributed by atoms with van der Waals surface area (Å²) >= 11 is 5.35. The predicted octanol–water partition coefficient (Wildman–Crippen LogP) is 3.78. The molecule has 0 bridgehead atoms. The third kappa shape index (κ3) is 2.36. The molecule has 2 heterocycles. The van der Waals surface area contributed by atoms with E-state index in [1.165, 1.54) is 6.07 Å². The van der Waals surface area contributed by atoms with Gasteiger partial charge in [0.15, 0.2) is 10.4 Å². The zero-order valence-electron chi connectivity index (χ0n) is 11.1. The van der Waals surface area contributed by atoms with Gasteiger partial charge in [0.2, 0.25) is 0 Å². The lowest BCUT2D eigenvalue weighted by Crippen LogP contribution is -2.02. The first-order chi connectivity index (χ1) is 9.65. The summed E-state index contributed by atoms with van der Waals surface area (Å²) in [5, 5.41) is 0. The number of nitrogens with one attached hydrogen (secondary N) is 1. The highest BCUT2D eigenvalue weighted by molar-refractivity contribution is 7.71.